The third kappa shape index (κ3) is 22.5. The SMILES string of the molecule is N=C=O.O=C=NCCC[SiH2]O[SiH2]O[SiH3]. The molecule has 0 saturated carbocycles. The molecule has 0 aliphatic heterocycles. The zero-order valence-corrected chi connectivity index (χ0v) is 12.9. The molecule has 1 N–H and O–H groups in total. The first-order valence-electron chi connectivity index (χ1n) is 3.97. The lowest BCUT2D eigenvalue weighted by Crippen LogP contribution is -2.06. The van der Waals surface area contributed by atoms with Gasteiger partial charge in [-0.1, -0.05) is 0 Å². The van der Waals surface area contributed by atoms with Crippen molar-refractivity contribution in [3.63, 3.8) is 0 Å². The summed E-state index contributed by atoms with van der Waals surface area (Å²) in [6.45, 7) is 0.600. The number of hydrogen-bond acceptors (Lipinski definition) is 6. The van der Waals surface area contributed by atoms with Gasteiger partial charge in [0.15, 0.2) is 0 Å². The average molecular weight is 250 g/mol. The molecule has 0 rings (SSSR count). The van der Waals surface area contributed by atoms with E-state index in [2.05, 4.69) is 4.99 Å². The summed E-state index contributed by atoms with van der Waals surface area (Å²) in [5.41, 5.74) is 0. The molecule has 0 unspecified atom stereocenters. The second-order valence-corrected chi connectivity index (χ2v) is 7.39. The minimum atomic E-state index is -0.602. The molecule has 0 heterocycles. The van der Waals surface area contributed by atoms with Crippen LogP contribution >= 0.6 is 0 Å². The van der Waals surface area contributed by atoms with E-state index in [1.807, 2.05) is 0 Å². The number of nitrogens with zero attached hydrogens (tertiary/aromatic N) is 1. The van der Waals surface area contributed by atoms with Crippen molar-refractivity contribution in [3.8, 4) is 0 Å². The Morgan fingerprint density at radius 1 is 1.50 bits per heavy atom. The zero-order chi connectivity index (χ0) is 11.1. The molecular weight excluding hydrogens is 236 g/mol. The van der Waals surface area contributed by atoms with Gasteiger partial charge in [0, 0.05) is 0 Å². The molecule has 0 atom stereocenters. The average Bonchev–Trinajstić information content (AvgIpc) is 2.18. The quantitative estimate of drug-likeness (QED) is 0.233. The first-order chi connectivity index (χ1) is 6.83. The smallest absolute Gasteiger partial charge is 0.282 e. The van der Waals surface area contributed by atoms with Crippen molar-refractivity contribution in [1.29, 1.82) is 5.41 Å². The molecule has 6 nitrogen and oxygen atoms in total. The van der Waals surface area contributed by atoms with Crippen LogP contribution in [0.5, 0.6) is 0 Å². The van der Waals surface area contributed by atoms with E-state index in [1.54, 1.807) is 0 Å². The van der Waals surface area contributed by atoms with E-state index in [1.165, 1.54) is 6.08 Å². The highest BCUT2D eigenvalue weighted by Crippen LogP contribution is 1.88. The van der Waals surface area contributed by atoms with E-state index in [4.69, 9.17) is 18.4 Å². The highest BCUT2D eigenvalue weighted by Gasteiger charge is 1.88. The van der Waals surface area contributed by atoms with Crippen LogP contribution in [0.3, 0.4) is 0 Å². The second-order valence-electron chi connectivity index (χ2n) is 2.10. The molecule has 0 aromatic heterocycles. The zero-order valence-electron chi connectivity index (χ0n) is 8.12. The van der Waals surface area contributed by atoms with Crippen LogP contribution in [-0.4, -0.2) is 49.0 Å². The molecule has 0 aliphatic rings. The van der Waals surface area contributed by atoms with Crippen LogP contribution in [0.4, 0.5) is 0 Å². The van der Waals surface area contributed by atoms with E-state index in [9.17, 15) is 4.79 Å². The molecular formula is C5H14N2O4Si3. The third-order valence-electron chi connectivity index (χ3n) is 1.07. The van der Waals surface area contributed by atoms with Crippen LogP contribution in [0, 0.1) is 5.41 Å². The van der Waals surface area contributed by atoms with E-state index in [0.717, 1.165) is 29.0 Å². The Kier molecular flexibility index (Phi) is 20.5. The summed E-state index contributed by atoms with van der Waals surface area (Å²) >= 11 is 0. The topological polar surface area (TPSA) is 88.8 Å². The molecule has 0 radical (unpaired) electrons. The molecule has 0 spiro atoms. The first-order valence-corrected chi connectivity index (χ1v) is 7.52. The molecule has 0 aromatic rings. The Labute approximate surface area is 90.1 Å². The van der Waals surface area contributed by atoms with Gasteiger partial charge in [-0.25, -0.2) is 20.0 Å². The first kappa shape index (κ1) is 15.8. The van der Waals surface area contributed by atoms with Gasteiger partial charge >= 0.3 is 0 Å². The number of carbonyl (C=O) groups excluding carboxylic acids is 2. The van der Waals surface area contributed by atoms with Gasteiger partial charge in [0.25, 0.3) is 10.0 Å². The van der Waals surface area contributed by atoms with E-state index < -0.39 is 10.0 Å². The molecule has 9 heteroatoms. The van der Waals surface area contributed by atoms with Gasteiger partial charge in [-0.15, -0.1) is 0 Å². The van der Waals surface area contributed by atoms with Crippen LogP contribution < -0.4 is 0 Å². The summed E-state index contributed by atoms with van der Waals surface area (Å²) in [7, 11) is -0.162. The maximum absolute atomic E-state index is 9.62. The van der Waals surface area contributed by atoms with Gasteiger partial charge in [0.2, 0.25) is 12.2 Å². The van der Waals surface area contributed by atoms with Crippen molar-refractivity contribution in [2.75, 3.05) is 6.54 Å². The Morgan fingerprint density at radius 3 is 2.64 bits per heavy atom. The van der Waals surface area contributed by atoms with Crippen molar-refractivity contribution in [2.45, 2.75) is 12.5 Å². The summed E-state index contributed by atoms with van der Waals surface area (Å²) in [4.78, 5) is 21.4. The molecule has 0 bridgehead atoms. The Bertz CT molecular complexity index is 191. The Hall–Kier alpha value is -0.669. The predicted octanol–water partition coefficient (Wildman–Crippen LogP) is -2.57. The molecule has 0 saturated heterocycles. The number of isocyanates is 2. The van der Waals surface area contributed by atoms with Gasteiger partial charge in [-0.3, -0.25) is 0 Å². The highest BCUT2D eigenvalue weighted by molar-refractivity contribution is 6.41. The van der Waals surface area contributed by atoms with Crippen molar-refractivity contribution >= 4 is 42.4 Å². The van der Waals surface area contributed by atoms with Gasteiger partial charge in [-0.2, -0.15) is 0 Å². The predicted molar refractivity (Wildman–Crippen MR) is 60.0 cm³/mol. The minimum absolute atomic E-state index is 0.359. The lowest BCUT2D eigenvalue weighted by atomic mass is 10.5. The summed E-state index contributed by atoms with van der Waals surface area (Å²) in [5, 5.41) is 5.40. The fourth-order valence-corrected chi connectivity index (χ4v) is 4.47. The fourth-order valence-electron chi connectivity index (χ4n) is 0.583. The number of nitrogens with one attached hydrogen (secondary N) is 1. The second kappa shape index (κ2) is 18.2. The van der Waals surface area contributed by atoms with Crippen molar-refractivity contribution in [2.24, 2.45) is 4.99 Å². The van der Waals surface area contributed by atoms with Crippen LogP contribution in [0.25, 0.3) is 0 Å². The van der Waals surface area contributed by atoms with Gasteiger partial charge in [0.05, 0.1) is 6.54 Å². The maximum atomic E-state index is 9.62. The molecule has 0 fully saturated rings. The van der Waals surface area contributed by atoms with Crippen LogP contribution in [0.15, 0.2) is 4.99 Å². The molecule has 80 valence electrons. The summed E-state index contributed by atoms with van der Waals surface area (Å²) in [5.74, 6) is 0. The van der Waals surface area contributed by atoms with Gasteiger partial charge in [-0.05, 0) is 12.5 Å². The van der Waals surface area contributed by atoms with E-state index in [0.29, 0.717) is 6.54 Å². The number of aliphatic imine (C=N–C) groups is 1. The van der Waals surface area contributed by atoms with E-state index in [-0.39, 0.29) is 9.76 Å². The third-order valence-corrected chi connectivity index (χ3v) is 4.63. The standard InChI is InChI=1S/C4H13NO3Si3.CHNO/c6-4-5-2-1-3-10-8-11-7-9;2-1-3/h1-3,10-11H2,9H3;2H. The van der Waals surface area contributed by atoms with Crippen LogP contribution in [0.2, 0.25) is 6.04 Å². The number of hydrogen-bond donors (Lipinski definition) is 1. The van der Waals surface area contributed by atoms with Crippen LogP contribution in [0.1, 0.15) is 6.42 Å². The fraction of sp³-hybridized carbons (Fsp3) is 0.600. The molecule has 0 aromatic carbocycles. The molecule has 0 aliphatic carbocycles. The van der Waals surface area contributed by atoms with Crippen LogP contribution in [-0.2, 0) is 17.8 Å². The molecule has 0 amide bonds. The van der Waals surface area contributed by atoms with Crippen molar-refractivity contribution in [3.05, 3.63) is 0 Å². The van der Waals surface area contributed by atoms with Gasteiger partial charge in [0.1, 0.15) is 20.2 Å². The molecule has 14 heavy (non-hydrogen) atoms. The monoisotopic (exact) mass is 250 g/mol. The van der Waals surface area contributed by atoms with Crippen molar-refractivity contribution in [1.82, 2.24) is 0 Å². The Balaban J connectivity index is 0. The Morgan fingerprint density at radius 2 is 2.14 bits per heavy atom. The van der Waals surface area contributed by atoms with Gasteiger partial charge < -0.3 is 8.23 Å². The summed E-state index contributed by atoms with van der Waals surface area (Å²) < 4.78 is 10.3. The normalized spacial score (nSPS) is 9.71. The van der Waals surface area contributed by atoms with E-state index >= 15 is 0 Å². The summed E-state index contributed by atoms with van der Waals surface area (Å²) in [6, 6.07) is 1.09. The van der Waals surface area contributed by atoms with Crippen molar-refractivity contribution < 1.29 is 17.8 Å². The maximum Gasteiger partial charge on any atom is 0.282 e. The summed E-state index contributed by atoms with van der Waals surface area (Å²) in [6.07, 6.45) is 3.21. The lowest BCUT2D eigenvalue weighted by molar-refractivity contribution is 0.500. The number of rotatable bonds is 7. The minimum Gasteiger partial charge on any atom is -0.449 e. The lowest BCUT2D eigenvalue weighted by Gasteiger charge is -1.99. The largest absolute Gasteiger partial charge is 0.449 e. The highest BCUT2D eigenvalue weighted by atomic mass is 28.3.